The first kappa shape index (κ1) is 16.8. The smallest absolute Gasteiger partial charge is 0.192 e. The van der Waals surface area contributed by atoms with Crippen molar-refractivity contribution in [3.63, 3.8) is 0 Å². The van der Waals surface area contributed by atoms with Crippen LogP contribution in [0.15, 0.2) is 24.4 Å². The van der Waals surface area contributed by atoms with Gasteiger partial charge in [0.1, 0.15) is 0 Å². The Morgan fingerprint density at radius 3 is 2.43 bits per heavy atom. The Labute approximate surface area is 137 Å². The Hall–Kier alpha value is -0.613. The van der Waals surface area contributed by atoms with Gasteiger partial charge < -0.3 is 4.43 Å². The predicted molar refractivity (Wildman–Crippen MR) is 93.7 cm³/mol. The third-order valence-corrected chi connectivity index (χ3v) is 9.20. The standard InChI is InChI=1S/C16H21Cl2NOSi/c1-16(2,3)21(4,5)20-10-13-7-11-6-12(17)8-15(18)14(11)9-19-13/h6-9H,10H2,1-5H3. The van der Waals surface area contributed by atoms with E-state index >= 15 is 0 Å². The second-order valence-electron chi connectivity index (χ2n) is 6.83. The van der Waals surface area contributed by atoms with E-state index in [1.807, 2.05) is 12.1 Å². The van der Waals surface area contributed by atoms with Gasteiger partial charge in [-0.25, -0.2) is 0 Å². The molecule has 0 amide bonds. The van der Waals surface area contributed by atoms with E-state index in [1.165, 1.54) is 0 Å². The Balaban J connectivity index is 2.25. The second kappa shape index (κ2) is 5.88. The van der Waals surface area contributed by atoms with E-state index in [0.717, 1.165) is 16.5 Å². The lowest BCUT2D eigenvalue weighted by molar-refractivity contribution is 0.272. The SMILES string of the molecule is CC(C)(C)[Si](C)(C)OCc1cc2cc(Cl)cc(Cl)c2cn1. The van der Waals surface area contributed by atoms with Crippen LogP contribution >= 0.6 is 23.2 Å². The second-order valence-corrected chi connectivity index (χ2v) is 12.5. The molecule has 0 fully saturated rings. The molecule has 0 aliphatic heterocycles. The van der Waals surface area contributed by atoms with E-state index in [2.05, 4.69) is 38.8 Å². The molecule has 0 saturated heterocycles. The molecule has 2 nitrogen and oxygen atoms in total. The summed E-state index contributed by atoms with van der Waals surface area (Å²) < 4.78 is 6.20. The van der Waals surface area contributed by atoms with Crippen molar-refractivity contribution in [1.82, 2.24) is 4.98 Å². The van der Waals surface area contributed by atoms with E-state index in [4.69, 9.17) is 27.6 Å². The summed E-state index contributed by atoms with van der Waals surface area (Å²) in [5.74, 6) is 0. The number of benzene rings is 1. The first-order valence-electron chi connectivity index (χ1n) is 6.98. The summed E-state index contributed by atoms with van der Waals surface area (Å²) in [6, 6.07) is 5.64. The third-order valence-electron chi connectivity index (χ3n) is 4.19. The fourth-order valence-electron chi connectivity index (χ4n) is 1.77. The largest absolute Gasteiger partial charge is 0.411 e. The molecule has 0 spiro atoms. The van der Waals surface area contributed by atoms with Gasteiger partial charge in [0.2, 0.25) is 0 Å². The van der Waals surface area contributed by atoms with Crippen molar-refractivity contribution < 1.29 is 4.43 Å². The number of hydrogen-bond acceptors (Lipinski definition) is 2. The van der Waals surface area contributed by atoms with Gasteiger partial charge in [0.05, 0.1) is 17.3 Å². The zero-order chi connectivity index (χ0) is 15.8. The van der Waals surface area contributed by atoms with Gasteiger partial charge in [-0.05, 0) is 41.7 Å². The highest BCUT2D eigenvalue weighted by molar-refractivity contribution is 6.74. The number of rotatable bonds is 3. The van der Waals surface area contributed by atoms with Gasteiger partial charge in [-0.1, -0.05) is 44.0 Å². The minimum absolute atomic E-state index is 0.191. The lowest BCUT2D eigenvalue weighted by Gasteiger charge is -2.36. The zero-order valence-electron chi connectivity index (χ0n) is 13.1. The van der Waals surface area contributed by atoms with Crippen LogP contribution in [-0.2, 0) is 11.0 Å². The average molecular weight is 342 g/mol. The molecule has 0 saturated carbocycles. The van der Waals surface area contributed by atoms with Crippen LogP contribution in [0.25, 0.3) is 10.8 Å². The molecule has 0 unspecified atom stereocenters. The lowest BCUT2D eigenvalue weighted by atomic mass is 10.1. The summed E-state index contributed by atoms with van der Waals surface area (Å²) >= 11 is 12.2. The number of fused-ring (bicyclic) bond motifs is 1. The van der Waals surface area contributed by atoms with E-state index in [-0.39, 0.29) is 5.04 Å². The quantitative estimate of drug-likeness (QED) is 0.632. The molecule has 0 atom stereocenters. The predicted octanol–water partition coefficient (Wildman–Crippen LogP) is 6.06. The van der Waals surface area contributed by atoms with Crippen LogP contribution in [0.3, 0.4) is 0 Å². The Morgan fingerprint density at radius 2 is 1.81 bits per heavy atom. The molecule has 21 heavy (non-hydrogen) atoms. The molecule has 1 aromatic heterocycles. The maximum atomic E-state index is 6.20. The molecule has 0 radical (unpaired) electrons. The summed E-state index contributed by atoms with van der Waals surface area (Å²) in [5, 5.41) is 3.36. The Bertz CT molecular complexity index is 665. The zero-order valence-corrected chi connectivity index (χ0v) is 15.6. The molecule has 5 heteroatoms. The van der Waals surface area contributed by atoms with E-state index in [9.17, 15) is 0 Å². The molecular formula is C16H21Cl2NOSi. The number of halogens is 2. The van der Waals surface area contributed by atoms with Crippen molar-refractivity contribution in [3.05, 3.63) is 40.1 Å². The van der Waals surface area contributed by atoms with Crippen LogP contribution in [0.2, 0.25) is 28.2 Å². The highest BCUT2D eigenvalue weighted by Gasteiger charge is 2.37. The topological polar surface area (TPSA) is 22.1 Å². The van der Waals surface area contributed by atoms with Crippen molar-refractivity contribution >= 4 is 42.3 Å². The fourth-order valence-corrected chi connectivity index (χ4v) is 3.27. The Kier molecular flexibility index (Phi) is 4.69. The van der Waals surface area contributed by atoms with Gasteiger partial charge in [0.15, 0.2) is 8.32 Å². The average Bonchev–Trinajstić information content (AvgIpc) is 2.34. The van der Waals surface area contributed by atoms with Crippen LogP contribution in [-0.4, -0.2) is 13.3 Å². The molecule has 2 rings (SSSR count). The van der Waals surface area contributed by atoms with Gasteiger partial charge >= 0.3 is 0 Å². The summed E-state index contributed by atoms with van der Waals surface area (Å²) in [6.07, 6.45) is 1.79. The summed E-state index contributed by atoms with van der Waals surface area (Å²) in [7, 11) is -1.77. The molecule has 0 bridgehead atoms. The minimum atomic E-state index is -1.77. The fraction of sp³-hybridized carbons (Fsp3) is 0.438. The molecule has 2 aromatic rings. The number of hydrogen-bond donors (Lipinski definition) is 0. The number of nitrogens with zero attached hydrogens (tertiary/aromatic N) is 1. The van der Waals surface area contributed by atoms with Crippen LogP contribution < -0.4 is 0 Å². The normalized spacial score (nSPS) is 12.9. The van der Waals surface area contributed by atoms with Crippen molar-refractivity contribution in [3.8, 4) is 0 Å². The van der Waals surface area contributed by atoms with Crippen LogP contribution in [0, 0.1) is 0 Å². The lowest BCUT2D eigenvalue weighted by Crippen LogP contribution is -2.40. The number of pyridine rings is 1. The third kappa shape index (κ3) is 3.78. The summed E-state index contributed by atoms with van der Waals surface area (Å²) in [5.41, 5.74) is 0.908. The number of aromatic nitrogens is 1. The molecule has 1 aromatic carbocycles. The van der Waals surface area contributed by atoms with Gasteiger partial charge in [-0.2, -0.15) is 0 Å². The molecule has 0 aliphatic rings. The highest BCUT2D eigenvalue weighted by atomic mass is 35.5. The van der Waals surface area contributed by atoms with Crippen LogP contribution in [0.1, 0.15) is 26.5 Å². The maximum Gasteiger partial charge on any atom is 0.192 e. The van der Waals surface area contributed by atoms with Crippen molar-refractivity contribution in [2.75, 3.05) is 0 Å². The van der Waals surface area contributed by atoms with Crippen molar-refractivity contribution in [1.29, 1.82) is 0 Å². The molecular weight excluding hydrogens is 321 g/mol. The van der Waals surface area contributed by atoms with Crippen molar-refractivity contribution in [2.24, 2.45) is 0 Å². The monoisotopic (exact) mass is 341 g/mol. The molecule has 0 N–H and O–H groups in total. The van der Waals surface area contributed by atoms with Gasteiger partial charge in [0.25, 0.3) is 0 Å². The van der Waals surface area contributed by atoms with Gasteiger partial charge in [-0.3, -0.25) is 4.98 Å². The first-order chi connectivity index (χ1) is 9.60. The van der Waals surface area contributed by atoms with Gasteiger partial charge in [0, 0.05) is 16.6 Å². The summed E-state index contributed by atoms with van der Waals surface area (Å²) in [4.78, 5) is 4.45. The summed E-state index contributed by atoms with van der Waals surface area (Å²) in [6.45, 7) is 11.7. The highest BCUT2D eigenvalue weighted by Crippen LogP contribution is 2.37. The molecule has 114 valence electrons. The molecule has 0 aliphatic carbocycles. The van der Waals surface area contributed by atoms with Gasteiger partial charge in [-0.15, -0.1) is 0 Å². The molecule has 1 heterocycles. The first-order valence-corrected chi connectivity index (χ1v) is 10.6. The maximum absolute atomic E-state index is 6.20. The van der Waals surface area contributed by atoms with E-state index in [0.29, 0.717) is 16.7 Å². The Morgan fingerprint density at radius 1 is 1.14 bits per heavy atom. The van der Waals surface area contributed by atoms with E-state index in [1.54, 1.807) is 12.3 Å². The van der Waals surface area contributed by atoms with Crippen LogP contribution in [0.4, 0.5) is 0 Å². The van der Waals surface area contributed by atoms with Crippen LogP contribution in [0.5, 0.6) is 0 Å². The van der Waals surface area contributed by atoms with Crippen molar-refractivity contribution in [2.45, 2.75) is 45.5 Å². The van der Waals surface area contributed by atoms with E-state index < -0.39 is 8.32 Å². The minimum Gasteiger partial charge on any atom is -0.411 e.